The number of nitrogens with one attached hydrogen (secondary N) is 1. The van der Waals surface area contributed by atoms with Crippen LogP contribution in [-0.2, 0) is 0 Å². The highest BCUT2D eigenvalue weighted by molar-refractivity contribution is 5.37. The van der Waals surface area contributed by atoms with Gasteiger partial charge < -0.3 is 4.74 Å². The van der Waals surface area contributed by atoms with Crippen LogP contribution in [-0.4, -0.2) is 7.11 Å². The first-order chi connectivity index (χ1) is 9.46. The number of methoxy groups -OCH3 is 1. The Balaban J connectivity index is 2.16. The number of nitrogens with two attached hydrogens (primary N) is 1. The molecule has 0 spiro atoms. The van der Waals surface area contributed by atoms with Crippen molar-refractivity contribution in [3.05, 3.63) is 29.3 Å². The number of aryl methyl sites for hydroxylation is 1. The summed E-state index contributed by atoms with van der Waals surface area (Å²) in [5.41, 5.74) is 6.09. The van der Waals surface area contributed by atoms with Crippen molar-refractivity contribution in [2.24, 2.45) is 17.2 Å². The minimum absolute atomic E-state index is 0.247. The van der Waals surface area contributed by atoms with E-state index in [0.29, 0.717) is 11.3 Å². The zero-order valence-electron chi connectivity index (χ0n) is 13.2. The summed E-state index contributed by atoms with van der Waals surface area (Å²) in [6, 6.07) is 6.52. The standard InChI is InChI=1S/C17H28N2O/c1-12-11-14(20-4)5-6-15(12)16(19-18)13-7-9-17(2,3)10-8-13/h5-6,11,13,16,19H,7-10,18H2,1-4H3. The molecule has 0 bridgehead atoms. The number of hydrogen-bond donors (Lipinski definition) is 2. The van der Waals surface area contributed by atoms with Crippen molar-refractivity contribution in [3.63, 3.8) is 0 Å². The molecule has 2 rings (SSSR count). The van der Waals surface area contributed by atoms with Crippen LogP contribution in [0.2, 0.25) is 0 Å². The van der Waals surface area contributed by atoms with Crippen molar-refractivity contribution in [2.45, 2.75) is 52.5 Å². The maximum atomic E-state index is 5.86. The first kappa shape index (κ1) is 15.3. The van der Waals surface area contributed by atoms with Crippen molar-refractivity contribution in [1.82, 2.24) is 5.43 Å². The van der Waals surface area contributed by atoms with Crippen LogP contribution < -0.4 is 16.0 Å². The first-order valence-corrected chi connectivity index (χ1v) is 7.57. The molecule has 1 aromatic rings. The average molecular weight is 276 g/mol. The molecule has 112 valence electrons. The largest absolute Gasteiger partial charge is 0.497 e. The van der Waals surface area contributed by atoms with E-state index in [-0.39, 0.29) is 6.04 Å². The van der Waals surface area contributed by atoms with E-state index in [1.165, 1.54) is 36.8 Å². The van der Waals surface area contributed by atoms with Crippen LogP contribution in [0.1, 0.15) is 56.7 Å². The molecule has 0 aliphatic heterocycles. The second-order valence-electron chi connectivity index (χ2n) is 6.87. The van der Waals surface area contributed by atoms with Crippen LogP contribution in [0, 0.1) is 18.3 Å². The smallest absolute Gasteiger partial charge is 0.119 e. The van der Waals surface area contributed by atoms with E-state index in [1.807, 2.05) is 6.07 Å². The van der Waals surface area contributed by atoms with Gasteiger partial charge in [-0.2, -0.15) is 0 Å². The highest BCUT2D eigenvalue weighted by Gasteiger charge is 2.32. The monoisotopic (exact) mass is 276 g/mol. The van der Waals surface area contributed by atoms with Gasteiger partial charge in [-0.25, -0.2) is 0 Å². The molecular weight excluding hydrogens is 248 g/mol. The molecule has 1 saturated carbocycles. The third-order valence-corrected chi connectivity index (χ3v) is 4.85. The Morgan fingerprint density at radius 2 is 1.95 bits per heavy atom. The van der Waals surface area contributed by atoms with Gasteiger partial charge in [-0.1, -0.05) is 19.9 Å². The Labute approximate surface area is 122 Å². The molecule has 1 aromatic carbocycles. The van der Waals surface area contributed by atoms with Crippen LogP contribution in [0.5, 0.6) is 5.75 Å². The van der Waals surface area contributed by atoms with Crippen molar-refractivity contribution in [3.8, 4) is 5.75 Å². The van der Waals surface area contributed by atoms with E-state index >= 15 is 0 Å². The topological polar surface area (TPSA) is 47.3 Å². The van der Waals surface area contributed by atoms with Gasteiger partial charge in [0, 0.05) is 6.04 Å². The van der Waals surface area contributed by atoms with Crippen molar-refractivity contribution in [2.75, 3.05) is 7.11 Å². The lowest BCUT2D eigenvalue weighted by Gasteiger charge is -2.38. The van der Waals surface area contributed by atoms with Crippen molar-refractivity contribution in [1.29, 1.82) is 0 Å². The maximum absolute atomic E-state index is 5.86. The van der Waals surface area contributed by atoms with Crippen LogP contribution in [0.3, 0.4) is 0 Å². The maximum Gasteiger partial charge on any atom is 0.119 e. The molecule has 1 aliphatic rings. The lowest BCUT2D eigenvalue weighted by atomic mass is 9.70. The first-order valence-electron chi connectivity index (χ1n) is 7.57. The summed E-state index contributed by atoms with van der Waals surface area (Å²) in [7, 11) is 1.70. The lowest BCUT2D eigenvalue weighted by molar-refractivity contribution is 0.161. The van der Waals surface area contributed by atoms with Gasteiger partial charge in [0.05, 0.1) is 7.11 Å². The molecule has 3 nitrogen and oxygen atoms in total. The Bertz CT molecular complexity index is 446. The summed E-state index contributed by atoms with van der Waals surface area (Å²) >= 11 is 0. The Morgan fingerprint density at radius 1 is 1.30 bits per heavy atom. The van der Waals surface area contributed by atoms with E-state index in [1.54, 1.807) is 7.11 Å². The van der Waals surface area contributed by atoms with E-state index < -0.39 is 0 Å². The predicted molar refractivity (Wildman–Crippen MR) is 83.5 cm³/mol. The molecule has 0 amide bonds. The number of rotatable bonds is 4. The highest BCUT2D eigenvalue weighted by Crippen LogP contribution is 2.43. The van der Waals surface area contributed by atoms with Crippen LogP contribution >= 0.6 is 0 Å². The molecule has 20 heavy (non-hydrogen) atoms. The zero-order valence-corrected chi connectivity index (χ0v) is 13.2. The summed E-state index contributed by atoms with van der Waals surface area (Å²) in [5, 5.41) is 0. The molecule has 0 saturated heterocycles. The minimum atomic E-state index is 0.247. The molecule has 1 unspecified atom stereocenters. The third-order valence-electron chi connectivity index (χ3n) is 4.85. The molecular formula is C17H28N2O. The number of ether oxygens (including phenoxy) is 1. The fourth-order valence-corrected chi connectivity index (χ4v) is 3.36. The molecule has 0 heterocycles. The molecule has 1 atom stereocenters. The molecule has 3 N–H and O–H groups in total. The highest BCUT2D eigenvalue weighted by atomic mass is 16.5. The van der Waals surface area contributed by atoms with E-state index in [4.69, 9.17) is 10.6 Å². The van der Waals surface area contributed by atoms with E-state index in [0.717, 1.165) is 5.75 Å². The number of benzene rings is 1. The Kier molecular flexibility index (Phi) is 4.71. The Hall–Kier alpha value is -1.06. The average Bonchev–Trinajstić information content (AvgIpc) is 2.42. The van der Waals surface area contributed by atoms with Gasteiger partial charge in [-0.05, 0) is 67.2 Å². The SMILES string of the molecule is COc1ccc(C(NN)C2CCC(C)(C)CC2)c(C)c1. The lowest BCUT2D eigenvalue weighted by Crippen LogP contribution is -2.36. The van der Waals surface area contributed by atoms with E-state index in [2.05, 4.69) is 38.3 Å². The van der Waals surface area contributed by atoms with Gasteiger partial charge in [0.15, 0.2) is 0 Å². The predicted octanol–water partition coefficient (Wildman–Crippen LogP) is 3.72. The van der Waals surface area contributed by atoms with E-state index in [9.17, 15) is 0 Å². The normalized spacial score (nSPS) is 20.6. The molecule has 0 radical (unpaired) electrons. The quantitative estimate of drug-likeness (QED) is 0.651. The summed E-state index contributed by atoms with van der Waals surface area (Å²) in [4.78, 5) is 0. The second-order valence-corrected chi connectivity index (χ2v) is 6.87. The van der Waals surface area contributed by atoms with Crippen LogP contribution in [0.4, 0.5) is 0 Å². The van der Waals surface area contributed by atoms with Gasteiger partial charge >= 0.3 is 0 Å². The van der Waals surface area contributed by atoms with Crippen molar-refractivity contribution >= 4 is 0 Å². The minimum Gasteiger partial charge on any atom is -0.497 e. The molecule has 1 fully saturated rings. The third kappa shape index (κ3) is 3.33. The van der Waals surface area contributed by atoms with Gasteiger partial charge in [-0.3, -0.25) is 11.3 Å². The van der Waals surface area contributed by atoms with Gasteiger partial charge in [0.25, 0.3) is 0 Å². The van der Waals surface area contributed by atoms with Gasteiger partial charge in [0.2, 0.25) is 0 Å². The summed E-state index contributed by atoms with van der Waals surface area (Å²) in [6.07, 6.45) is 5.05. The second kappa shape index (κ2) is 6.15. The molecule has 3 heteroatoms. The zero-order chi connectivity index (χ0) is 14.8. The molecule has 0 aromatic heterocycles. The van der Waals surface area contributed by atoms with Gasteiger partial charge in [0.1, 0.15) is 5.75 Å². The van der Waals surface area contributed by atoms with Crippen LogP contribution in [0.25, 0.3) is 0 Å². The number of hydrazine groups is 1. The van der Waals surface area contributed by atoms with Gasteiger partial charge in [-0.15, -0.1) is 0 Å². The fourth-order valence-electron chi connectivity index (χ4n) is 3.36. The molecule has 1 aliphatic carbocycles. The Morgan fingerprint density at radius 3 is 2.45 bits per heavy atom. The van der Waals surface area contributed by atoms with Crippen molar-refractivity contribution < 1.29 is 4.74 Å². The summed E-state index contributed by atoms with van der Waals surface area (Å²) in [5.74, 6) is 7.40. The van der Waals surface area contributed by atoms with Crippen LogP contribution in [0.15, 0.2) is 18.2 Å². The summed E-state index contributed by atoms with van der Waals surface area (Å²) in [6.45, 7) is 6.87. The summed E-state index contributed by atoms with van der Waals surface area (Å²) < 4.78 is 5.28. The number of hydrogen-bond acceptors (Lipinski definition) is 3. The fraction of sp³-hybridized carbons (Fsp3) is 0.647.